The zero-order valence-corrected chi connectivity index (χ0v) is 15.9. The molecule has 25 heavy (non-hydrogen) atoms. The fraction of sp³-hybridized carbons (Fsp3) is 0.450. The standard InChI is InChI=1S/C20H26N2O2S/c1-14-11-22(12-15(2)24-14)13-18-7-5-17(6-8-18)10-21-20(23)19-9-4-16(3)25-19/h4-9,14-15H,10-13H2,1-3H3,(H,21,23)/t14-,15-/m0/s1. The van der Waals surface area contributed by atoms with Crippen molar-refractivity contribution in [2.24, 2.45) is 0 Å². The van der Waals surface area contributed by atoms with Crippen molar-refractivity contribution in [2.45, 2.75) is 46.1 Å². The molecule has 1 aliphatic heterocycles. The molecule has 0 bridgehead atoms. The minimum atomic E-state index is -0.00142. The van der Waals surface area contributed by atoms with Gasteiger partial charge in [0.05, 0.1) is 17.1 Å². The zero-order chi connectivity index (χ0) is 17.8. The van der Waals surface area contributed by atoms with Gasteiger partial charge in [0.1, 0.15) is 0 Å². The van der Waals surface area contributed by atoms with E-state index in [1.54, 1.807) is 0 Å². The van der Waals surface area contributed by atoms with E-state index in [9.17, 15) is 4.79 Å². The molecule has 2 atom stereocenters. The Morgan fingerprint density at radius 3 is 2.36 bits per heavy atom. The van der Waals surface area contributed by atoms with Gasteiger partial charge < -0.3 is 10.1 Å². The number of thiophene rings is 1. The van der Waals surface area contributed by atoms with E-state index >= 15 is 0 Å². The van der Waals surface area contributed by atoms with E-state index in [4.69, 9.17) is 4.74 Å². The number of carbonyl (C=O) groups excluding carboxylic acids is 1. The molecule has 1 amide bonds. The topological polar surface area (TPSA) is 41.6 Å². The molecule has 1 saturated heterocycles. The second-order valence-electron chi connectivity index (χ2n) is 6.86. The summed E-state index contributed by atoms with van der Waals surface area (Å²) in [5.41, 5.74) is 2.42. The number of hydrogen-bond acceptors (Lipinski definition) is 4. The third-order valence-electron chi connectivity index (χ3n) is 4.34. The lowest BCUT2D eigenvalue weighted by molar-refractivity contribution is -0.0704. The normalized spacial score (nSPS) is 21.2. The van der Waals surface area contributed by atoms with E-state index in [0.29, 0.717) is 18.8 Å². The minimum absolute atomic E-state index is 0.00142. The number of nitrogens with zero attached hydrogens (tertiary/aromatic N) is 1. The third-order valence-corrected chi connectivity index (χ3v) is 5.34. The molecule has 134 valence electrons. The molecule has 0 aliphatic carbocycles. The number of benzene rings is 1. The van der Waals surface area contributed by atoms with E-state index in [2.05, 4.69) is 48.3 Å². The van der Waals surface area contributed by atoms with Gasteiger partial charge in [-0.1, -0.05) is 24.3 Å². The Morgan fingerprint density at radius 1 is 1.12 bits per heavy atom. The second-order valence-corrected chi connectivity index (χ2v) is 8.15. The van der Waals surface area contributed by atoms with Gasteiger partial charge in [-0.15, -0.1) is 11.3 Å². The molecule has 4 nitrogen and oxygen atoms in total. The van der Waals surface area contributed by atoms with Gasteiger partial charge in [0.15, 0.2) is 0 Å². The van der Waals surface area contributed by atoms with Crippen molar-refractivity contribution in [3.8, 4) is 0 Å². The molecule has 1 aromatic heterocycles. The average molecular weight is 359 g/mol. The van der Waals surface area contributed by atoms with Crippen LogP contribution in [0.5, 0.6) is 0 Å². The Labute approximate surface area is 153 Å². The van der Waals surface area contributed by atoms with Gasteiger partial charge in [-0.3, -0.25) is 9.69 Å². The van der Waals surface area contributed by atoms with Crippen LogP contribution in [-0.4, -0.2) is 36.1 Å². The number of carbonyl (C=O) groups is 1. The van der Waals surface area contributed by atoms with Crippen molar-refractivity contribution in [3.63, 3.8) is 0 Å². The Hall–Kier alpha value is -1.69. The summed E-state index contributed by atoms with van der Waals surface area (Å²) in [5.74, 6) is -0.00142. The molecule has 1 aromatic carbocycles. The van der Waals surface area contributed by atoms with Crippen LogP contribution >= 0.6 is 11.3 Å². The van der Waals surface area contributed by atoms with Gasteiger partial charge in [-0.25, -0.2) is 0 Å². The summed E-state index contributed by atoms with van der Waals surface area (Å²) in [7, 11) is 0. The van der Waals surface area contributed by atoms with Crippen molar-refractivity contribution in [1.82, 2.24) is 10.2 Å². The van der Waals surface area contributed by atoms with Crippen LogP contribution in [0.15, 0.2) is 36.4 Å². The molecule has 0 unspecified atom stereocenters. The summed E-state index contributed by atoms with van der Waals surface area (Å²) in [5, 5.41) is 2.99. The molecule has 2 heterocycles. The summed E-state index contributed by atoms with van der Waals surface area (Å²) >= 11 is 1.53. The molecule has 1 N–H and O–H groups in total. The minimum Gasteiger partial charge on any atom is -0.373 e. The number of nitrogens with one attached hydrogen (secondary N) is 1. The molecular weight excluding hydrogens is 332 g/mol. The summed E-state index contributed by atoms with van der Waals surface area (Å²) in [6, 6.07) is 12.4. The Kier molecular flexibility index (Phi) is 5.89. The summed E-state index contributed by atoms with van der Waals surface area (Å²) in [6.07, 6.45) is 0.582. The van der Waals surface area contributed by atoms with Gasteiger partial charge in [0.2, 0.25) is 0 Å². The lowest BCUT2D eigenvalue weighted by Crippen LogP contribution is -2.44. The predicted octanol–water partition coefficient (Wildman–Crippen LogP) is 3.60. The Balaban J connectivity index is 1.51. The van der Waals surface area contributed by atoms with Gasteiger partial charge in [-0.2, -0.15) is 0 Å². The second kappa shape index (κ2) is 8.13. The van der Waals surface area contributed by atoms with Crippen LogP contribution in [0.25, 0.3) is 0 Å². The van der Waals surface area contributed by atoms with Crippen LogP contribution in [0.4, 0.5) is 0 Å². The van der Waals surface area contributed by atoms with Crippen molar-refractivity contribution in [2.75, 3.05) is 13.1 Å². The zero-order valence-electron chi connectivity index (χ0n) is 15.1. The summed E-state index contributed by atoms with van der Waals surface area (Å²) in [4.78, 5) is 16.5. The maximum atomic E-state index is 12.1. The SMILES string of the molecule is Cc1ccc(C(=O)NCc2ccc(CN3C[C@H](C)O[C@@H](C)C3)cc2)s1. The number of ether oxygens (including phenoxy) is 1. The quantitative estimate of drug-likeness (QED) is 0.888. The number of amides is 1. The Morgan fingerprint density at radius 2 is 1.76 bits per heavy atom. The molecule has 0 saturated carbocycles. The van der Waals surface area contributed by atoms with Gasteiger partial charge >= 0.3 is 0 Å². The third kappa shape index (κ3) is 5.14. The highest BCUT2D eigenvalue weighted by atomic mass is 32.1. The molecule has 2 aromatic rings. The van der Waals surface area contributed by atoms with Gasteiger partial charge in [-0.05, 0) is 44.0 Å². The predicted molar refractivity (Wildman–Crippen MR) is 102 cm³/mol. The highest BCUT2D eigenvalue weighted by molar-refractivity contribution is 7.13. The highest BCUT2D eigenvalue weighted by Crippen LogP contribution is 2.16. The van der Waals surface area contributed by atoms with Gasteiger partial charge in [0, 0.05) is 31.1 Å². The van der Waals surface area contributed by atoms with E-state index in [0.717, 1.165) is 35.0 Å². The maximum absolute atomic E-state index is 12.1. The van der Waals surface area contributed by atoms with Crippen molar-refractivity contribution in [1.29, 1.82) is 0 Å². The van der Waals surface area contributed by atoms with E-state index in [-0.39, 0.29) is 5.91 Å². The summed E-state index contributed by atoms with van der Waals surface area (Å²) in [6.45, 7) is 9.72. The molecule has 1 aliphatic rings. The maximum Gasteiger partial charge on any atom is 0.261 e. The van der Waals surface area contributed by atoms with E-state index < -0.39 is 0 Å². The van der Waals surface area contributed by atoms with Crippen LogP contribution in [0, 0.1) is 6.92 Å². The summed E-state index contributed by atoms with van der Waals surface area (Å²) < 4.78 is 5.78. The van der Waals surface area contributed by atoms with Crippen LogP contribution < -0.4 is 5.32 Å². The number of rotatable bonds is 5. The highest BCUT2D eigenvalue weighted by Gasteiger charge is 2.21. The number of aryl methyl sites for hydroxylation is 1. The number of morpholine rings is 1. The average Bonchev–Trinajstić information content (AvgIpc) is 2.99. The molecular formula is C20H26N2O2S. The molecule has 0 spiro atoms. The smallest absolute Gasteiger partial charge is 0.261 e. The molecule has 0 radical (unpaired) electrons. The van der Waals surface area contributed by atoms with E-state index in [1.165, 1.54) is 16.9 Å². The first-order valence-corrected chi connectivity index (χ1v) is 9.61. The van der Waals surface area contributed by atoms with Crippen LogP contribution in [0.1, 0.15) is 39.5 Å². The molecule has 5 heteroatoms. The largest absolute Gasteiger partial charge is 0.373 e. The fourth-order valence-electron chi connectivity index (χ4n) is 3.26. The van der Waals surface area contributed by atoms with Crippen molar-refractivity contribution >= 4 is 17.2 Å². The van der Waals surface area contributed by atoms with Crippen molar-refractivity contribution in [3.05, 3.63) is 57.3 Å². The first-order valence-electron chi connectivity index (χ1n) is 8.80. The lowest BCUT2D eigenvalue weighted by Gasteiger charge is -2.35. The monoisotopic (exact) mass is 358 g/mol. The number of hydrogen-bond donors (Lipinski definition) is 1. The first-order chi connectivity index (χ1) is 12.0. The first kappa shape index (κ1) is 18.1. The van der Waals surface area contributed by atoms with Crippen molar-refractivity contribution < 1.29 is 9.53 Å². The molecule has 1 fully saturated rings. The van der Waals surface area contributed by atoms with E-state index in [1.807, 2.05) is 19.1 Å². The lowest BCUT2D eigenvalue weighted by atomic mass is 10.1. The fourth-order valence-corrected chi connectivity index (χ4v) is 4.04. The van der Waals surface area contributed by atoms with Crippen LogP contribution in [0.2, 0.25) is 0 Å². The van der Waals surface area contributed by atoms with Crippen LogP contribution in [-0.2, 0) is 17.8 Å². The van der Waals surface area contributed by atoms with Crippen LogP contribution in [0.3, 0.4) is 0 Å². The molecule has 3 rings (SSSR count). The van der Waals surface area contributed by atoms with Gasteiger partial charge in [0.25, 0.3) is 5.91 Å². The Bertz CT molecular complexity index is 701.